The van der Waals surface area contributed by atoms with E-state index in [1.807, 2.05) is 48.5 Å². The van der Waals surface area contributed by atoms with Gasteiger partial charge in [-0.15, -0.1) is 0 Å². The van der Waals surface area contributed by atoms with Crippen LogP contribution in [0.4, 0.5) is 11.4 Å². The zero-order valence-corrected chi connectivity index (χ0v) is 19.9. The van der Waals surface area contributed by atoms with Crippen LogP contribution in [-0.2, 0) is 9.47 Å². The number of nitrogens with one attached hydrogen (secondary N) is 4. The predicted molar refractivity (Wildman–Crippen MR) is 136 cm³/mol. The van der Waals surface area contributed by atoms with E-state index in [4.69, 9.17) is 43.4 Å². The van der Waals surface area contributed by atoms with Crippen LogP contribution < -0.4 is 30.7 Å². The van der Waals surface area contributed by atoms with E-state index in [1.165, 1.54) is 0 Å². The average Bonchev–Trinajstić information content (AvgIpc) is 2.79. The average molecular weight is 479 g/mol. The van der Waals surface area contributed by atoms with Gasteiger partial charge in [0, 0.05) is 27.3 Å². The van der Waals surface area contributed by atoms with Crippen molar-refractivity contribution < 1.29 is 18.9 Å². The number of thiocarbonyl (C=S) groups is 2. The molecule has 0 unspecified atom stereocenters. The second-order valence-corrected chi connectivity index (χ2v) is 7.25. The Morgan fingerprint density at radius 2 is 1.06 bits per heavy atom. The van der Waals surface area contributed by atoms with Crippen LogP contribution in [0.5, 0.6) is 11.5 Å². The summed E-state index contributed by atoms with van der Waals surface area (Å²) in [6.07, 6.45) is 0. The zero-order chi connectivity index (χ0) is 23.0. The molecule has 8 nitrogen and oxygen atoms in total. The Balaban J connectivity index is 1.83. The minimum Gasteiger partial charge on any atom is -0.488 e. The Labute approximate surface area is 200 Å². The first-order valence-electron chi connectivity index (χ1n) is 10.1. The lowest BCUT2D eigenvalue weighted by Crippen LogP contribution is -2.31. The first-order valence-corrected chi connectivity index (χ1v) is 11.0. The Morgan fingerprint density at radius 1 is 0.656 bits per heavy atom. The van der Waals surface area contributed by atoms with Gasteiger partial charge < -0.3 is 40.2 Å². The molecule has 0 aliphatic rings. The Bertz CT molecular complexity index is 785. The molecule has 0 fully saturated rings. The van der Waals surface area contributed by atoms with Crippen molar-refractivity contribution in [3.05, 3.63) is 48.5 Å². The molecule has 2 rings (SSSR count). The maximum Gasteiger partial charge on any atom is 0.170 e. The van der Waals surface area contributed by atoms with Gasteiger partial charge in [0.15, 0.2) is 10.2 Å². The Hall–Kier alpha value is -2.66. The molecule has 0 aliphatic carbocycles. The van der Waals surface area contributed by atoms with Gasteiger partial charge >= 0.3 is 0 Å². The molecule has 0 atom stereocenters. The van der Waals surface area contributed by atoms with E-state index >= 15 is 0 Å². The summed E-state index contributed by atoms with van der Waals surface area (Å²) in [6, 6.07) is 15.2. The first-order chi connectivity index (χ1) is 15.6. The highest BCUT2D eigenvalue weighted by molar-refractivity contribution is 7.80. The summed E-state index contributed by atoms with van der Waals surface area (Å²) in [6.45, 7) is 3.10. The van der Waals surface area contributed by atoms with Crippen LogP contribution in [0, 0.1) is 0 Å². The van der Waals surface area contributed by atoms with Crippen molar-refractivity contribution in [2.75, 3.05) is 64.4 Å². The molecule has 4 N–H and O–H groups in total. The van der Waals surface area contributed by atoms with E-state index < -0.39 is 0 Å². The summed E-state index contributed by atoms with van der Waals surface area (Å²) in [5.41, 5.74) is 1.55. The first kappa shape index (κ1) is 25.6. The van der Waals surface area contributed by atoms with Gasteiger partial charge in [-0.05, 0) is 48.7 Å². The summed E-state index contributed by atoms with van der Waals surface area (Å²) >= 11 is 10.6. The minimum absolute atomic E-state index is 0.355. The summed E-state index contributed by atoms with van der Waals surface area (Å²) in [5, 5.41) is 13.4. The van der Waals surface area contributed by atoms with Crippen LogP contribution in [0.25, 0.3) is 0 Å². The molecule has 0 saturated heterocycles. The number of ether oxygens (including phenoxy) is 4. The van der Waals surface area contributed by atoms with Crippen molar-refractivity contribution in [2.24, 2.45) is 0 Å². The molecule has 0 heterocycles. The van der Waals surface area contributed by atoms with Crippen LogP contribution in [0.3, 0.4) is 0 Å². The van der Waals surface area contributed by atoms with Crippen LogP contribution in [-0.4, -0.2) is 64.0 Å². The van der Waals surface area contributed by atoms with Crippen molar-refractivity contribution in [2.45, 2.75) is 0 Å². The SMILES string of the molecule is COCCNC(=S)Nc1ccccc1OCCOc1ccccc1NC(=S)NCCOC. The number of anilines is 2. The second kappa shape index (κ2) is 15.2. The molecule has 2 aromatic carbocycles. The van der Waals surface area contributed by atoms with Crippen LogP contribution in [0.2, 0.25) is 0 Å². The molecule has 174 valence electrons. The highest BCUT2D eigenvalue weighted by atomic mass is 32.1. The largest absolute Gasteiger partial charge is 0.488 e. The third-order valence-electron chi connectivity index (χ3n) is 4.05. The zero-order valence-electron chi connectivity index (χ0n) is 18.3. The maximum absolute atomic E-state index is 5.90. The Kier molecular flexibility index (Phi) is 12.2. The van der Waals surface area contributed by atoms with E-state index in [0.717, 1.165) is 11.4 Å². The van der Waals surface area contributed by atoms with Crippen molar-refractivity contribution in [3.63, 3.8) is 0 Å². The lowest BCUT2D eigenvalue weighted by molar-refractivity contribution is 0.204. The van der Waals surface area contributed by atoms with Crippen LogP contribution in [0.1, 0.15) is 0 Å². The lowest BCUT2D eigenvalue weighted by atomic mass is 10.3. The molecule has 0 bridgehead atoms. The van der Waals surface area contributed by atoms with E-state index in [2.05, 4.69) is 21.3 Å². The van der Waals surface area contributed by atoms with Gasteiger partial charge in [-0.25, -0.2) is 0 Å². The van der Waals surface area contributed by atoms with E-state index in [0.29, 0.717) is 61.2 Å². The standard InChI is InChI=1S/C22H30N4O4S2/c1-27-13-11-23-21(31)25-17-7-3-5-9-19(17)29-15-16-30-20-10-6-4-8-18(20)26-22(32)24-12-14-28-2/h3-10H,11-16H2,1-2H3,(H2,23,25,31)(H2,24,26,32). The highest BCUT2D eigenvalue weighted by Crippen LogP contribution is 2.25. The van der Waals surface area contributed by atoms with Crippen LogP contribution in [0.15, 0.2) is 48.5 Å². The summed E-state index contributed by atoms with van der Waals surface area (Å²) in [4.78, 5) is 0. The smallest absolute Gasteiger partial charge is 0.170 e. The third kappa shape index (κ3) is 9.65. The van der Waals surface area contributed by atoms with Gasteiger partial charge in [0.05, 0.1) is 24.6 Å². The van der Waals surface area contributed by atoms with Gasteiger partial charge in [0.2, 0.25) is 0 Å². The van der Waals surface area contributed by atoms with E-state index in [1.54, 1.807) is 14.2 Å². The number of methoxy groups -OCH3 is 2. The molecule has 0 aliphatic heterocycles. The Morgan fingerprint density at radius 3 is 1.47 bits per heavy atom. The number of rotatable bonds is 13. The van der Waals surface area contributed by atoms with E-state index in [9.17, 15) is 0 Å². The minimum atomic E-state index is 0.355. The van der Waals surface area contributed by atoms with Gasteiger partial charge in [0.25, 0.3) is 0 Å². The number of hydrogen-bond donors (Lipinski definition) is 4. The van der Waals surface area contributed by atoms with Crippen LogP contribution >= 0.6 is 24.4 Å². The second-order valence-electron chi connectivity index (χ2n) is 6.44. The molecule has 0 amide bonds. The quantitative estimate of drug-likeness (QED) is 0.255. The fourth-order valence-corrected chi connectivity index (χ4v) is 2.99. The molecule has 0 aromatic heterocycles. The van der Waals surface area contributed by atoms with Gasteiger partial charge in [-0.1, -0.05) is 24.3 Å². The lowest BCUT2D eigenvalue weighted by Gasteiger charge is -2.16. The number of para-hydroxylation sites is 4. The van der Waals surface area contributed by atoms with Gasteiger partial charge in [0.1, 0.15) is 24.7 Å². The summed E-state index contributed by atoms with van der Waals surface area (Å²) in [7, 11) is 3.29. The van der Waals surface area contributed by atoms with Gasteiger partial charge in [-0.3, -0.25) is 0 Å². The molecular formula is C22H30N4O4S2. The van der Waals surface area contributed by atoms with E-state index in [-0.39, 0.29) is 0 Å². The van der Waals surface area contributed by atoms with Crippen molar-refractivity contribution in [3.8, 4) is 11.5 Å². The molecule has 0 spiro atoms. The fourth-order valence-electron chi connectivity index (χ4n) is 2.56. The van der Waals surface area contributed by atoms with Crippen molar-refractivity contribution >= 4 is 46.0 Å². The number of hydrogen-bond acceptors (Lipinski definition) is 6. The van der Waals surface area contributed by atoms with Crippen molar-refractivity contribution in [1.82, 2.24) is 10.6 Å². The highest BCUT2D eigenvalue weighted by Gasteiger charge is 2.07. The predicted octanol–water partition coefficient (Wildman–Crippen LogP) is 3.01. The normalized spacial score (nSPS) is 10.2. The summed E-state index contributed by atoms with van der Waals surface area (Å²) < 4.78 is 21.8. The third-order valence-corrected chi connectivity index (χ3v) is 4.55. The topological polar surface area (TPSA) is 85.0 Å². The summed E-state index contributed by atoms with van der Waals surface area (Å²) in [5.74, 6) is 1.36. The monoisotopic (exact) mass is 478 g/mol. The number of benzene rings is 2. The molecule has 2 aromatic rings. The van der Waals surface area contributed by atoms with Gasteiger partial charge in [-0.2, -0.15) is 0 Å². The molecule has 32 heavy (non-hydrogen) atoms. The molecule has 0 saturated carbocycles. The fraction of sp³-hybridized carbons (Fsp3) is 0.364. The molecule has 10 heteroatoms. The van der Waals surface area contributed by atoms with Crippen molar-refractivity contribution in [1.29, 1.82) is 0 Å². The maximum atomic E-state index is 5.90. The molecule has 0 radical (unpaired) electrons. The molecular weight excluding hydrogens is 448 g/mol.